The topological polar surface area (TPSA) is 101 Å². The Labute approximate surface area is 99.4 Å². The zero-order valence-corrected chi connectivity index (χ0v) is 8.97. The molecule has 3 aromatic rings. The molecule has 0 unspecified atom stereocenters. The van der Waals surface area contributed by atoms with Crippen molar-refractivity contribution in [3.05, 3.63) is 47.0 Å². The van der Waals surface area contributed by atoms with Crippen molar-refractivity contribution in [2.24, 2.45) is 0 Å². The minimum Gasteiger partial charge on any atom is -0.459 e. The van der Waals surface area contributed by atoms with Gasteiger partial charge in [0.15, 0.2) is 17.0 Å². The summed E-state index contributed by atoms with van der Waals surface area (Å²) in [5.41, 5.74) is 1.01. The van der Waals surface area contributed by atoms with Crippen LogP contribution in [-0.4, -0.2) is 15.9 Å². The van der Waals surface area contributed by atoms with Crippen LogP contribution in [0, 0.1) is 0 Å². The molecule has 0 fully saturated rings. The Kier molecular flexibility index (Phi) is 2.23. The fourth-order valence-electron chi connectivity index (χ4n) is 1.51. The molecule has 0 aliphatic heterocycles. The van der Waals surface area contributed by atoms with Crippen LogP contribution in [0.1, 0.15) is 10.6 Å². The van der Waals surface area contributed by atoms with Crippen LogP contribution >= 0.6 is 0 Å². The SMILES string of the molecule is O=C(Nc1cnc2[nH]c(=O)oc2c1)c1ccco1. The van der Waals surface area contributed by atoms with E-state index in [-0.39, 0.29) is 11.3 Å². The summed E-state index contributed by atoms with van der Waals surface area (Å²) in [5.74, 6) is -0.809. The molecule has 0 saturated carbocycles. The van der Waals surface area contributed by atoms with Crippen molar-refractivity contribution in [1.29, 1.82) is 0 Å². The fourth-order valence-corrected chi connectivity index (χ4v) is 1.51. The second-order valence-electron chi connectivity index (χ2n) is 3.52. The third kappa shape index (κ3) is 1.77. The summed E-state index contributed by atoms with van der Waals surface area (Å²) >= 11 is 0. The van der Waals surface area contributed by atoms with Crippen LogP contribution in [0.15, 0.2) is 44.3 Å². The summed E-state index contributed by atoms with van der Waals surface area (Å²) in [7, 11) is 0. The lowest BCUT2D eigenvalue weighted by molar-refractivity contribution is 0.0996. The van der Waals surface area contributed by atoms with Gasteiger partial charge in [0.05, 0.1) is 18.1 Å². The Bertz CT molecular complexity index is 754. The van der Waals surface area contributed by atoms with E-state index in [4.69, 9.17) is 8.83 Å². The van der Waals surface area contributed by atoms with E-state index < -0.39 is 11.7 Å². The molecule has 0 aliphatic carbocycles. The van der Waals surface area contributed by atoms with Crippen molar-refractivity contribution >= 4 is 22.8 Å². The molecule has 90 valence electrons. The van der Waals surface area contributed by atoms with Gasteiger partial charge in [0.2, 0.25) is 0 Å². The molecule has 0 atom stereocenters. The summed E-state index contributed by atoms with van der Waals surface area (Å²) in [4.78, 5) is 29.0. The van der Waals surface area contributed by atoms with Gasteiger partial charge in [0.1, 0.15) is 0 Å². The zero-order chi connectivity index (χ0) is 12.5. The number of carbonyl (C=O) groups is 1. The smallest absolute Gasteiger partial charge is 0.418 e. The lowest BCUT2D eigenvalue weighted by atomic mass is 10.3. The maximum absolute atomic E-state index is 11.7. The van der Waals surface area contributed by atoms with E-state index in [0.717, 1.165) is 0 Å². The highest BCUT2D eigenvalue weighted by molar-refractivity contribution is 6.02. The number of aromatic nitrogens is 2. The minimum atomic E-state index is -0.591. The normalized spacial score (nSPS) is 10.7. The van der Waals surface area contributed by atoms with Gasteiger partial charge >= 0.3 is 5.76 Å². The maximum atomic E-state index is 11.7. The molecule has 0 aromatic carbocycles. The molecular formula is C11H7N3O4. The number of rotatable bonds is 2. The van der Waals surface area contributed by atoms with Gasteiger partial charge in [-0.25, -0.2) is 9.78 Å². The summed E-state index contributed by atoms with van der Waals surface area (Å²) in [6.07, 6.45) is 2.82. The summed E-state index contributed by atoms with van der Waals surface area (Å²) in [6, 6.07) is 4.65. The number of aromatic amines is 1. The predicted molar refractivity (Wildman–Crippen MR) is 61.3 cm³/mol. The van der Waals surface area contributed by atoms with E-state index in [9.17, 15) is 9.59 Å². The molecule has 7 nitrogen and oxygen atoms in total. The van der Waals surface area contributed by atoms with E-state index in [1.807, 2.05) is 0 Å². The fraction of sp³-hybridized carbons (Fsp3) is 0. The van der Waals surface area contributed by atoms with Crippen LogP contribution in [0.2, 0.25) is 0 Å². The van der Waals surface area contributed by atoms with E-state index in [2.05, 4.69) is 15.3 Å². The van der Waals surface area contributed by atoms with Gasteiger partial charge in [0.25, 0.3) is 5.91 Å². The third-order valence-electron chi connectivity index (χ3n) is 2.28. The van der Waals surface area contributed by atoms with Crippen LogP contribution in [0.25, 0.3) is 11.2 Å². The summed E-state index contributed by atoms with van der Waals surface area (Å²) in [5, 5.41) is 2.57. The first-order valence-electron chi connectivity index (χ1n) is 5.06. The van der Waals surface area contributed by atoms with E-state index in [1.165, 1.54) is 24.6 Å². The quantitative estimate of drug-likeness (QED) is 0.709. The van der Waals surface area contributed by atoms with E-state index in [0.29, 0.717) is 11.3 Å². The van der Waals surface area contributed by atoms with Crippen LogP contribution < -0.4 is 11.1 Å². The van der Waals surface area contributed by atoms with Gasteiger partial charge in [-0.1, -0.05) is 0 Å². The number of carbonyl (C=O) groups excluding carboxylic acids is 1. The zero-order valence-electron chi connectivity index (χ0n) is 8.97. The molecule has 0 radical (unpaired) electrons. The third-order valence-corrected chi connectivity index (χ3v) is 2.28. The maximum Gasteiger partial charge on any atom is 0.418 e. The van der Waals surface area contributed by atoms with Crippen molar-refractivity contribution in [2.75, 3.05) is 5.32 Å². The number of H-pyrrole nitrogens is 1. The number of amides is 1. The van der Waals surface area contributed by atoms with Gasteiger partial charge in [-0.2, -0.15) is 0 Å². The average molecular weight is 245 g/mol. The first-order chi connectivity index (χ1) is 8.72. The van der Waals surface area contributed by atoms with Gasteiger partial charge in [0, 0.05) is 6.07 Å². The number of nitrogens with one attached hydrogen (secondary N) is 2. The first-order valence-corrected chi connectivity index (χ1v) is 5.06. The number of fused-ring (bicyclic) bond motifs is 1. The number of nitrogens with zero attached hydrogens (tertiary/aromatic N) is 1. The van der Waals surface area contributed by atoms with Crippen LogP contribution in [0.4, 0.5) is 5.69 Å². The predicted octanol–water partition coefficient (Wildman–Crippen LogP) is 1.36. The van der Waals surface area contributed by atoms with Crippen LogP contribution in [0.5, 0.6) is 0 Å². The van der Waals surface area contributed by atoms with Crippen molar-refractivity contribution in [3.63, 3.8) is 0 Å². The monoisotopic (exact) mass is 245 g/mol. The Balaban J connectivity index is 1.91. The van der Waals surface area contributed by atoms with Crippen LogP contribution in [-0.2, 0) is 0 Å². The van der Waals surface area contributed by atoms with Crippen molar-refractivity contribution in [2.45, 2.75) is 0 Å². The molecule has 3 rings (SSSR count). The standard InChI is InChI=1S/C11H7N3O4/c15-10(7-2-1-3-17-7)13-6-4-8-9(12-5-6)14-11(16)18-8/h1-5H,(H,13,15)(H,12,14,16). The molecule has 0 bridgehead atoms. The Morgan fingerprint density at radius 3 is 3.11 bits per heavy atom. The second-order valence-corrected chi connectivity index (χ2v) is 3.52. The number of furan rings is 1. The van der Waals surface area contributed by atoms with E-state index in [1.54, 1.807) is 6.07 Å². The van der Waals surface area contributed by atoms with Gasteiger partial charge in [-0.15, -0.1) is 0 Å². The Morgan fingerprint density at radius 1 is 1.44 bits per heavy atom. The molecule has 18 heavy (non-hydrogen) atoms. The number of hydrogen-bond acceptors (Lipinski definition) is 5. The minimum absolute atomic E-state index is 0.186. The Hall–Kier alpha value is -2.83. The van der Waals surface area contributed by atoms with Crippen molar-refractivity contribution < 1.29 is 13.6 Å². The summed E-state index contributed by atoms with van der Waals surface area (Å²) in [6.45, 7) is 0. The Morgan fingerprint density at radius 2 is 2.33 bits per heavy atom. The molecule has 3 heterocycles. The number of oxazole rings is 1. The van der Waals surface area contributed by atoms with Crippen LogP contribution in [0.3, 0.4) is 0 Å². The van der Waals surface area contributed by atoms with Crippen molar-refractivity contribution in [1.82, 2.24) is 9.97 Å². The number of hydrogen-bond donors (Lipinski definition) is 2. The molecule has 7 heteroatoms. The highest BCUT2D eigenvalue weighted by Crippen LogP contribution is 2.14. The summed E-state index contributed by atoms with van der Waals surface area (Å²) < 4.78 is 9.78. The lowest BCUT2D eigenvalue weighted by Crippen LogP contribution is -2.10. The molecular weight excluding hydrogens is 238 g/mol. The highest BCUT2D eigenvalue weighted by atomic mass is 16.4. The van der Waals surface area contributed by atoms with Crippen molar-refractivity contribution in [3.8, 4) is 0 Å². The van der Waals surface area contributed by atoms with Gasteiger partial charge in [-0.05, 0) is 12.1 Å². The van der Waals surface area contributed by atoms with Gasteiger partial charge < -0.3 is 14.2 Å². The molecule has 2 N–H and O–H groups in total. The molecule has 0 saturated heterocycles. The molecule has 1 amide bonds. The molecule has 3 aromatic heterocycles. The number of pyridine rings is 1. The molecule has 0 aliphatic rings. The first kappa shape index (κ1) is 10.3. The van der Waals surface area contributed by atoms with Gasteiger partial charge in [-0.3, -0.25) is 9.78 Å². The molecule has 0 spiro atoms. The second kappa shape index (κ2) is 3.88. The lowest BCUT2D eigenvalue weighted by Gasteiger charge is -2.01. The highest BCUT2D eigenvalue weighted by Gasteiger charge is 2.10. The largest absolute Gasteiger partial charge is 0.459 e. The average Bonchev–Trinajstić information content (AvgIpc) is 2.95. The van der Waals surface area contributed by atoms with E-state index >= 15 is 0 Å². The number of anilines is 1.